The Kier molecular flexibility index (Phi) is 5.48. The van der Waals surface area contributed by atoms with Crippen LogP contribution >= 0.6 is 0 Å². The molecule has 1 aromatic carbocycles. The Labute approximate surface area is 128 Å². The molecule has 1 aromatic heterocycles. The van der Waals surface area contributed by atoms with Crippen molar-refractivity contribution in [2.24, 2.45) is 5.10 Å². The molecule has 0 unspecified atom stereocenters. The van der Waals surface area contributed by atoms with Gasteiger partial charge in [0.25, 0.3) is 5.91 Å². The fourth-order valence-electron chi connectivity index (χ4n) is 1.63. The molecule has 0 aliphatic rings. The Balaban J connectivity index is 1.82. The van der Waals surface area contributed by atoms with Gasteiger partial charge in [-0.15, -0.1) is 0 Å². The molecular weight excluding hydrogens is 282 g/mol. The third-order valence-electron chi connectivity index (χ3n) is 2.81. The summed E-state index contributed by atoms with van der Waals surface area (Å²) in [5.74, 6) is 0.972. The van der Waals surface area contributed by atoms with E-state index in [0.29, 0.717) is 17.2 Å². The monoisotopic (exact) mass is 299 g/mol. The van der Waals surface area contributed by atoms with Gasteiger partial charge in [0.15, 0.2) is 6.61 Å². The van der Waals surface area contributed by atoms with E-state index in [1.54, 1.807) is 44.5 Å². The lowest BCUT2D eigenvalue weighted by atomic mass is 10.3. The van der Waals surface area contributed by atoms with E-state index in [1.165, 1.54) is 0 Å². The molecule has 1 amide bonds. The lowest BCUT2D eigenvalue weighted by molar-refractivity contribution is -0.123. The van der Waals surface area contributed by atoms with E-state index in [4.69, 9.17) is 9.47 Å². The molecule has 1 heterocycles. The van der Waals surface area contributed by atoms with Crippen LogP contribution in [0.4, 0.5) is 0 Å². The first-order chi connectivity index (χ1) is 10.7. The number of hydrazone groups is 1. The third-order valence-corrected chi connectivity index (χ3v) is 2.81. The van der Waals surface area contributed by atoms with Crippen LogP contribution in [0.5, 0.6) is 11.5 Å². The number of amides is 1. The number of carbonyl (C=O) groups excluding carboxylic acids is 1. The number of benzene rings is 1. The molecule has 1 N–H and O–H groups in total. The maximum Gasteiger partial charge on any atom is 0.277 e. The summed E-state index contributed by atoms with van der Waals surface area (Å²) in [6.07, 6.45) is 1.67. The summed E-state index contributed by atoms with van der Waals surface area (Å²) in [5, 5.41) is 3.99. The fraction of sp³-hybridized carbons (Fsp3) is 0.188. The second-order valence-electron chi connectivity index (χ2n) is 4.41. The number of hydrogen-bond acceptors (Lipinski definition) is 5. The van der Waals surface area contributed by atoms with Gasteiger partial charge in [-0.2, -0.15) is 5.10 Å². The molecule has 22 heavy (non-hydrogen) atoms. The lowest BCUT2D eigenvalue weighted by Crippen LogP contribution is -2.25. The van der Waals surface area contributed by atoms with Crippen molar-refractivity contribution in [3.63, 3.8) is 0 Å². The van der Waals surface area contributed by atoms with Gasteiger partial charge in [-0.3, -0.25) is 9.78 Å². The summed E-state index contributed by atoms with van der Waals surface area (Å²) in [6, 6.07) is 12.5. The van der Waals surface area contributed by atoms with Gasteiger partial charge in [0.2, 0.25) is 0 Å². The highest BCUT2D eigenvalue weighted by Crippen LogP contribution is 2.16. The largest absolute Gasteiger partial charge is 0.497 e. The number of carbonyl (C=O) groups is 1. The topological polar surface area (TPSA) is 72.8 Å². The molecule has 0 fully saturated rings. The van der Waals surface area contributed by atoms with Crippen molar-refractivity contribution in [1.29, 1.82) is 0 Å². The molecule has 0 aliphatic heterocycles. The quantitative estimate of drug-likeness (QED) is 0.654. The van der Waals surface area contributed by atoms with Crippen LogP contribution in [0.15, 0.2) is 53.8 Å². The van der Waals surface area contributed by atoms with Crippen molar-refractivity contribution in [1.82, 2.24) is 10.4 Å². The van der Waals surface area contributed by atoms with E-state index in [1.807, 2.05) is 18.2 Å². The zero-order chi connectivity index (χ0) is 15.8. The average molecular weight is 299 g/mol. The van der Waals surface area contributed by atoms with Crippen LogP contribution in [-0.4, -0.2) is 30.3 Å². The van der Waals surface area contributed by atoms with E-state index in [2.05, 4.69) is 15.5 Å². The minimum absolute atomic E-state index is 0.120. The predicted molar refractivity (Wildman–Crippen MR) is 83.1 cm³/mol. The molecule has 0 radical (unpaired) electrons. The molecule has 0 spiro atoms. The van der Waals surface area contributed by atoms with Gasteiger partial charge in [0.1, 0.15) is 11.5 Å². The second kappa shape index (κ2) is 7.78. The SMILES string of the molecule is COc1ccc(OCC(=O)N/N=C(/C)c2ccccn2)cc1. The summed E-state index contributed by atoms with van der Waals surface area (Å²) < 4.78 is 10.4. The molecule has 0 atom stereocenters. The van der Waals surface area contributed by atoms with Gasteiger partial charge in [0.05, 0.1) is 18.5 Å². The molecule has 2 rings (SSSR count). The number of hydrogen-bond donors (Lipinski definition) is 1. The zero-order valence-corrected chi connectivity index (χ0v) is 12.4. The highest BCUT2D eigenvalue weighted by Gasteiger charge is 2.03. The second-order valence-corrected chi connectivity index (χ2v) is 4.41. The Morgan fingerprint density at radius 3 is 2.55 bits per heavy atom. The summed E-state index contributed by atoms with van der Waals surface area (Å²) >= 11 is 0. The maximum absolute atomic E-state index is 11.7. The molecule has 0 saturated carbocycles. The van der Waals surface area contributed by atoms with E-state index >= 15 is 0 Å². The van der Waals surface area contributed by atoms with Crippen molar-refractivity contribution < 1.29 is 14.3 Å². The molecule has 2 aromatic rings. The minimum atomic E-state index is -0.342. The first kappa shape index (κ1) is 15.5. The molecule has 6 nitrogen and oxygen atoms in total. The summed E-state index contributed by atoms with van der Waals surface area (Å²) in [5.41, 5.74) is 3.76. The standard InChI is InChI=1S/C16H17N3O3/c1-12(15-5-3-4-10-17-15)18-19-16(20)11-22-14-8-6-13(21-2)7-9-14/h3-10H,11H2,1-2H3,(H,19,20)/b18-12-. The highest BCUT2D eigenvalue weighted by molar-refractivity contribution is 5.97. The van der Waals surface area contributed by atoms with Crippen LogP contribution in [0.2, 0.25) is 0 Å². The number of nitrogens with one attached hydrogen (secondary N) is 1. The van der Waals surface area contributed by atoms with Crippen molar-refractivity contribution >= 4 is 11.6 Å². The van der Waals surface area contributed by atoms with Crippen LogP contribution in [0.3, 0.4) is 0 Å². The Hall–Kier alpha value is -2.89. The van der Waals surface area contributed by atoms with Gasteiger partial charge in [0, 0.05) is 6.20 Å². The molecule has 6 heteroatoms. The Bertz CT molecular complexity index is 639. The molecule has 0 bridgehead atoms. The molecule has 0 aliphatic carbocycles. The lowest BCUT2D eigenvalue weighted by Gasteiger charge is -2.06. The first-order valence-electron chi connectivity index (χ1n) is 6.70. The molecular formula is C16H17N3O3. The van der Waals surface area contributed by atoms with Crippen LogP contribution in [0, 0.1) is 0 Å². The van der Waals surface area contributed by atoms with Gasteiger partial charge in [-0.05, 0) is 43.3 Å². The van der Waals surface area contributed by atoms with Crippen molar-refractivity contribution in [3.8, 4) is 11.5 Å². The van der Waals surface area contributed by atoms with Gasteiger partial charge in [-0.25, -0.2) is 5.43 Å². The number of pyridine rings is 1. The Morgan fingerprint density at radius 1 is 1.18 bits per heavy atom. The number of ether oxygens (including phenoxy) is 2. The van der Waals surface area contributed by atoms with Crippen molar-refractivity contribution in [3.05, 3.63) is 54.4 Å². The number of nitrogens with zero attached hydrogens (tertiary/aromatic N) is 2. The number of aromatic nitrogens is 1. The normalized spacial score (nSPS) is 10.9. The molecule has 114 valence electrons. The average Bonchev–Trinajstić information content (AvgIpc) is 2.59. The van der Waals surface area contributed by atoms with E-state index in [-0.39, 0.29) is 12.5 Å². The third kappa shape index (κ3) is 4.59. The predicted octanol–water partition coefficient (Wildman–Crippen LogP) is 2.01. The van der Waals surface area contributed by atoms with Gasteiger partial charge < -0.3 is 9.47 Å². The first-order valence-corrected chi connectivity index (χ1v) is 6.70. The van der Waals surface area contributed by atoms with Gasteiger partial charge in [-0.1, -0.05) is 6.07 Å². The summed E-state index contributed by atoms with van der Waals surface area (Å²) in [7, 11) is 1.59. The number of methoxy groups -OCH3 is 1. The fourth-order valence-corrected chi connectivity index (χ4v) is 1.63. The minimum Gasteiger partial charge on any atom is -0.497 e. The maximum atomic E-state index is 11.7. The zero-order valence-electron chi connectivity index (χ0n) is 12.4. The Morgan fingerprint density at radius 2 is 1.91 bits per heavy atom. The summed E-state index contributed by atoms with van der Waals surface area (Å²) in [4.78, 5) is 15.8. The van der Waals surface area contributed by atoms with Gasteiger partial charge >= 0.3 is 0 Å². The van der Waals surface area contributed by atoms with Crippen LogP contribution in [-0.2, 0) is 4.79 Å². The van der Waals surface area contributed by atoms with Crippen molar-refractivity contribution in [2.75, 3.05) is 13.7 Å². The highest BCUT2D eigenvalue weighted by atomic mass is 16.5. The van der Waals surface area contributed by atoms with E-state index in [0.717, 1.165) is 5.75 Å². The summed E-state index contributed by atoms with van der Waals surface area (Å²) in [6.45, 7) is 1.65. The number of rotatable bonds is 6. The molecule has 0 saturated heterocycles. The van der Waals surface area contributed by atoms with Crippen molar-refractivity contribution in [2.45, 2.75) is 6.92 Å². The van der Waals surface area contributed by atoms with E-state index in [9.17, 15) is 4.79 Å². The smallest absolute Gasteiger partial charge is 0.277 e. The van der Waals surface area contributed by atoms with Crippen LogP contribution < -0.4 is 14.9 Å². The van der Waals surface area contributed by atoms with Crippen LogP contribution in [0.1, 0.15) is 12.6 Å². The van der Waals surface area contributed by atoms with Crippen LogP contribution in [0.25, 0.3) is 0 Å². The van der Waals surface area contributed by atoms with E-state index < -0.39 is 0 Å².